The van der Waals surface area contributed by atoms with E-state index in [9.17, 15) is 8.78 Å². The number of thiophene rings is 1. The number of nitrogens with one attached hydrogen (secondary N) is 1. The van der Waals surface area contributed by atoms with E-state index >= 15 is 0 Å². The van der Waals surface area contributed by atoms with Crippen molar-refractivity contribution in [2.24, 2.45) is 0 Å². The molecule has 1 aliphatic carbocycles. The lowest BCUT2D eigenvalue weighted by Gasteiger charge is -2.20. The molecule has 1 N–H and O–H groups in total. The summed E-state index contributed by atoms with van der Waals surface area (Å²) in [6, 6.07) is 0. The zero-order chi connectivity index (χ0) is 11.5. The first kappa shape index (κ1) is 12.0. The standard InChI is InChI=1S/C12H17F2NS/c1-8-3-2-4-10-12(8)9(7-16-10)5-15-6-11(13)14/h7-8,11,15H,2-6H2,1H3. The van der Waals surface area contributed by atoms with E-state index in [4.69, 9.17) is 0 Å². The largest absolute Gasteiger partial charge is 0.307 e. The summed E-state index contributed by atoms with van der Waals surface area (Å²) in [5.41, 5.74) is 2.66. The molecule has 2 rings (SSSR count). The molecule has 0 amide bonds. The first-order valence-corrected chi connectivity index (χ1v) is 6.64. The monoisotopic (exact) mass is 245 g/mol. The summed E-state index contributed by atoms with van der Waals surface area (Å²) in [4.78, 5) is 1.47. The van der Waals surface area contributed by atoms with Gasteiger partial charge >= 0.3 is 0 Å². The zero-order valence-corrected chi connectivity index (χ0v) is 10.2. The van der Waals surface area contributed by atoms with Gasteiger partial charge in [-0.2, -0.15) is 0 Å². The van der Waals surface area contributed by atoms with Crippen LogP contribution in [-0.4, -0.2) is 13.0 Å². The smallest absolute Gasteiger partial charge is 0.250 e. The van der Waals surface area contributed by atoms with Crippen LogP contribution in [0.3, 0.4) is 0 Å². The van der Waals surface area contributed by atoms with Gasteiger partial charge in [0, 0.05) is 11.4 Å². The number of halogens is 2. The Bertz CT molecular complexity index is 349. The average molecular weight is 245 g/mol. The molecule has 90 valence electrons. The fourth-order valence-corrected chi connectivity index (χ4v) is 3.62. The van der Waals surface area contributed by atoms with Crippen LogP contribution in [0.1, 0.15) is 41.7 Å². The van der Waals surface area contributed by atoms with Crippen molar-refractivity contribution in [1.82, 2.24) is 5.32 Å². The lowest BCUT2D eigenvalue weighted by Crippen LogP contribution is -2.21. The number of aryl methyl sites for hydroxylation is 1. The maximum Gasteiger partial charge on any atom is 0.250 e. The fraction of sp³-hybridized carbons (Fsp3) is 0.667. The van der Waals surface area contributed by atoms with Crippen molar-refractivity contribution in [2.75, 3.05) is 6.54 Å². The van der Waals surface area contributed by atoms with Crippen molar-refractivity contribution >= 4 is 11.3 Å². The first-order chi connectivity index (χ1) is 7.68. The molecule has 1 nitrogen and oxygen atoms in total. The lowest BCUT2D eigenvalue weighted by molar-refractivity contribution is 0.145. The molecule has 1 aromatic rings. The average Bonchev–Trinajstić information content (AvgIpc) is 2.62. The third-order valence-corrected chi connectivity index (χ3v) is 4.25. The van der Waals surface area contributed by atoms with Gasteiger partial charge in [0.05, 0.1) is 6.54 Å². The predicted molar refractivity (Wildman–Crippen MR) is 63.4 cm³/mol. The number of fused-ring (bicyclic) bond motifs is 1. The van der Waals surface area contributed by atoms with Gasteiger partial charge in [0.1, 0.15) is 0 Å². The van der Waals surface area contributed by atoms with Gasteiger partial charge in [-0.3, -0.25) is 0 Å². The SMILES string of the molecule is CC1CCCc2scc(CNCC(F)F)c21. The molecule has 16 heavy (non-hydrogen) atoms. The number of hydrogen-bond acceptors (Lipinski definition) is 2. The van der Waals surface area contributed by atoms with Gasteiger partial charge < -0.3 is 5.32 Å². The van der Waals surface area contributed by atoms with Crippen molar-refractivity contribution in [1.29, 1.82) is 0 Å². The van der Waals surface area contributed by atoms with E-state index < -0.39 is 6.43 Å². The van der Waals surface area contributed by atoms with E-state index in [0.717, 1.165) is 0 Å². The highest BCUT2D eigenvalue weighted by molar-refractivity contribution is 7.10. The second-order valence-corrected chi connectivity index (χ2v) is 5.38. The second-order valence-electron chi connectivity index (χ2n) is 4.41. The van der Waals surface area contributed by atoms with Crippen LogP contribution in [0.4, 0.5) is 8.78 Å². The molecule has 1 aliphatic rings. The van der Waals surface area contributed by atoms with Crippen LogP contribution in [0.15, 0.2) is 5.38 Å². The van der Waals surface area contributed by atoms with Gasteiger partial charge in [-0.25, -0.2) is 8.78 Å². The molecule has 1 heterocycles. The van der Waals surface area contributed by atoms with Gasteiger partial charge in [0.25, 0.3) is 6.43 Å². The molecule has 0 spiro atoms. The summed E-state index contributed by atoms with van der Waals surface area (Å²) in [7, 11) is 0. The summed E-state index contributed by atoms with van der Waals surface area (Å²) >= 11 is 1.79. The molecule has 0 aliphatic heterocycles. The molecular formula is C12H17F2NS. The zero-order valence-electron chi connectivity index (χ0n) is 9.43. The predicted octanol–water partition coefficient (Wildman–Crippen LogP) is 3.54. The molecule has 1 aromatic heterocycles. The molecule has 0 saturated heterocycles. The van der Waals surface area contributed by atoms with E-state index in [1.54, 1.807) is 11.3 Å². The molecule has 4 heteroatoms. The van der Waals surface area contributed by atoms with Crippen LogP contribution in [0, 0.1) is 0 Å². The highest BCUT2D eigenvalue weighted by atomic mass is 32.1. The fourth-order valence-electron chi connectivity index (χ4n) is 2.40. The third kappa shape index (κ3) is 2.61. The summed E-state index contributed by atoms with van der Waals surface area (Å²) in [6.45, 7) is 2.61. The summed E-state index contributed by atoms with van der Waals surface area (Å²) in [5.74, 6) is 0.596. The number of alkyl halides is 2. The van der Waals surface area contributed by atoms with Gasteiger partial charge in [0.15, 0.2) is 0 Å². The molecule has 1 atom stereocenters. The molecule has 0 bridgehead atoms. The van der Waals surface area contributed by atoms with Crippen LogP contribution in [0.25, 0.3) is 0 Å². The second kappa shape index (κ2) is 5.23. The summed E-state index contributed by atoms with van der Waals surface area (Å²) in [5, 5.41) is 4.94. The van der Waals surface area contributed by atoms with Crippen molar-refractivity contribution in [2.45, 2.75) is 45.1 Å². The Morgan fingerprint density at radius 2 is 2.38 bits per heavy atom. The van der Waals surface area contributed by atoms with E-state index in [1.165, 1.54) is 35.3 Å². The van der Waals surface area contributed by atoms with Crippen LogP contribution in [0.2, 0.25) is 0 Å². The van der Waals surface area contributed by atoms with E-state index in [2.05, 4.69) is 17.6 Å². The van der Waals surface area contributed by atoms with Gasteiger partial charge in [-0.05, 0) is 41.7 Å². The number of rotatable bonds is 4. The maximum absolute atomic E-state index is 12.0. The highest BCUT2D eigenvalue weighted by Gasteiger charge is 2.21. The Balaban J connectivity index is 2.02. The van der Waals surface area contributed by atoms with Gasteiger partial charge in [0.2, 0.25) is 0 Å². The molecule has 0 fully saturated rings. The Kier molecular flexibility index (Phi) is 3.92. The molecular weight excluding hydrogens is 228 g/mol. The van der Waals surface area contributed by atoms with Crippen molar-refractivity contribution in [3.05, 3.63) is 21.4 Å². The van der Waals surface area contributed by atoms with E-state index in [-0.39, 0.29) is 6.54 Å². The van der Waals surface area contributed by atoms with Crippen LogP contribution >= 0.6 is 11.3 Å². The highest BCUT2D eigenvalue weighted by Crippen LogP contribution is 2.37. The normalized spacial score (nSPS) is 20.1. The summed E-state index contributed by atoms with van der Waals surface area (Å²) < 4.78 is 24.0. The molecule has 0 saturated carbocycles. The Hall–Kier alpha value is -0.480. The Morgan fingerprint density at radius 3 is 3.12 bits per heavy atom. The Morgan fingerprint density at radius 1 is 1.56 bits per heavy atom. The molecule has 0 radical (unpaired) electrons. The van der Waals surface area contributed by atoms with Crippen LogP contribution in [-0.2, 0) is 13.0 Å². The molecule has 1 unspecified atom stereocenters. The minimum atomic E-state index is -2.26. The van der Waals surface area contributed by atoms with Crippen molar-refractivity contribution in [3.8, 4) is 0 Å². The van der Waals surface area contributed by atoms with Gasteiger partial charge in [-0.15, -0.1) is 11.3 Å². The van der Waals surface area contributed by atoms with E-state index in [0.29, 0.717) is 12.5 Å². The third-order valence-electron chi connectivity index (χ3n) is 3.14. The maximum atomic E-state index is 12.0. The topological polar surface area (TPSA) is 12.0 Å². The van der Waals surface area contributed by atoms with Crippen molar-refractivity contribution in [3.63, 3.8) is 0 Å². The molecule has 0 aromatic carbocycles. The minimum absolute atomic E-state index is 0.209. The quantitative estimate of drug-likeness (QED) is 0.855. The number of hydrogen-bond donors (Lipinski definition) is 1. The van der Waals surface area contributed by atoms with Crippen LogP contribution in [0.5, 0.6) is 0 Å². The van der Waals surface area contributed by atoms with Crippen LogP contribution < -0.4 is 5.32 Å². The first-order valence-electron chi connectivity index (χ1n) is 5.76. The Labute approximate surface area is 98.9 Å². The summed E-state index contributed by atoms with van der Waals surface area (Å²) in [6.07, 6.45) is 1.40. The lowest BCUT2D eigenvalue weighted by atomic mass is 9.87. The van der Waals surface area contributed by atoms with Gasteiger partial charge in [-0.1, -0.05) is 6.92 Å². The minimum Gasteiger partial charge on any atom is -0.307 e. The van der Waals surface area contributed by atoms with Crippen molar-refractivity contribution < 1.29 is 8.78 Å². The van der Waals surface area contributed by atoms with E-state index in [1.807, 2.05) is 0 Å².